The molecule has 1 aromatic heterocycles. The molecule has 2 atom stereocenters. The van der Waals surface area contributed by atoms with Crippen molar-refractivity contribution in [2.24, 2.45) is 0 Å². The van der Waals surface area contributed by atoms with Gasteiger partial charge in [-0.25, -0.2) is 13.6 Å². The molecular formula is C19H19F2N3O4. The first-order chi connectivity index (χ1) is 13.2. The third-order valence-electron chi connectivity index (χ3n) is 5.50. The fraction of sp³-hybridized carbons (Fsp3) is 0.421. The largest absolute Gasteiger partial charge is 0.477 e. The standard InChI is InChI=1S/C19H19F2N3O4/c1-8-14(22-9(2)25)7-23(8)17-13(20)5-11-16(15(17)21)24(10-3-4-10)6-12(18(11)26)19(27)28/h5-6,8,10,14H,3-4,7H2,1-2H3,(H,22,25)(H,27,28). The molecular weight excluding hydrogens is 372 g/mol. The molecule has 1 aromatic carbocycles. The monoisotopic (exact) mass is 391 g/mol. The Morgan fingerprint density at radius 2 is 1.96 bits per heavy atom. The highest BCUT2D eigenvalue weighted by Gasteiger charge is 2.40. The van der Waals surface area contributed by atoms with E-state index in [0.717, 1.165) is 25.1 Å². The summed E-state index contributed by atoms with van der Waals surface area (Å²) < 4.78 is 31.7. The number of benzene rings is 1. The number of carboxylic acid groups (broad SMARTS) is 1. The van der Waals surface area contributed by atoms with Crippen LogP contribution in [-0.2, 0) is 4.79 Å². The van der Waals surface area contributed by atoms with Crippen molar-refractivity contribution in [1.29, 1.82) is 0 Å². The second kappa shape index (κ2) is 6.29. The number of amides is 1. The summed E-state index contributed by atoms with van der Waals surface area (Å²) in [6.07, 6.45) is 2.61. The van der Waals surface area contributed by atoms with Crippen LogP contribution in [0.5, 0.6) is 0 Å². The summed E-state index contributed by atoms with van der Waals surface area (Å²) in [6.45, 7) is 3.36. The van der Waals surface area contributed by atoms with E-state index < -0.39 is 28.6 Å². The minimum atomic E-state index is -1.43. The number of nitrogens with one attached hydrogen (secondary N) is 1. The van der Waals surface area contributed by atoms with Crippen LogP contribution >= 0.6 is 0 Å². The highest BCUT2D eigenvalue weighted by atomic mass is 19.1. The van der Waals surface area contributed by atoms with Gasteiger partial charge in [0, 0.05) is 31.7 Å². The molecule has 9 heteroatoms. The van der Waals surface area contributed by atoms with Crippen molar-refractivity contribution in [3.63, 3.8) is 0 Å². The van der Waals surface area contributed by atoms with Crippen LogP contribution in [-0.4, -0.2) is 40.2 Å². The predicted molar refractivity (Wildman–Crippen MR) is 97.8 cm³/mol. The Hall–Kier alpha value is -2.97. The van der Waals surface area contributed by atoms with Crippen molar-refractivity contribution in [2.75, 3.05) is 11.4 Å². The van der Waals surface area contributed by atoms with Gasteiger partial charge >= 0.3 is 5.97 Å². The molecule has 2 heterocycles. The number of hydrogen-bond donors (Lipinski definition) is 2. The van der Waals surface area contributed by atoms with Gasteiger partial charge in [-0.2, -0.15) is 0 Å². The topological polar surface area (TPSA) is 91.6 Å². The maximum absolute atomic E-state index is 15.4. The SMILES string of the molecule is CC(=O)NC1CN(c2c(F)cc3c(=O)c(C(=O)O)cn(C4CC4)c3c2F)C1C. The molecule has 2 aliphatic rings. The zero-order chi connectivity index (χ0) is 20.3. The number of fused-ring (bicyclic) bond motifs is 1. The van der Waals surface area contributed by atoms with Crippen LogP contribution < -0.4 is 15.6 Å². The van der Waals surface area contributed by atoms with Crippen LogP contribution in [0.1, 0.15) is 43.1 Å². The number of carbonyl (C=O) groups excluding carboxylic acids is 1. The smallest absolute Gasteiger partial charge is 0.341 e. The Bertz CT molecular complexity index is 1080. The summed E-state index contributed by atoms with van der Waals surface area (Å²) in [5.74, 6) is -3.47. The van der Waals surface area contributed by atoms with Gasteiger partial charge in [0.2, 0.25) is 11.3 Å². The van der Waals surface area contributed by atoms with E-state index in [9.17, 15) is 23.9 Å². The first kappa shape index (κ1) is 18.4. The Morgan fingerprint density at radius 1 is 1.29 bits per heavy atom. The molecule has 2 aromatic rings. The maximum atomic E-state index is 15.4. The number of halogens is 2. The second-order valence-corrected chi connectivity index (χ2v) is 7.43. The lowest BCUT2D eigenvalue weighted by Gasteiger charge is -2.48. The quantitative estimate of drug-likeness (QED) is 0.832. The summed E-state index contributed by atoms with van der Waals surface area (Å²) in [7, 11) is 0. The number of pyridine rings is 1. The third-order valence-corrected chi connectivity index (χ3v) is 5.50. The average Bonchev–Trinajstić information content (AvgIpc) is 3.45. The van der Waals surface area contributed by atoms with Gasteiger partial charge in [0.05, 0.1) is 16.9 Å². The Morgan fingerprint density at radius 3 is 2.50 bits per heavy atom. The Balaban J connectivity index is 1.88. The van der Waals surface area contributed by atoms with E-state index in [0.29, 0.717) is 0 Å². The number of nitrogens with zero attached hydrogens (tertiary/aromatic N) is 2. The summed E-state index contributed by atoms with van der Waals surface area (Å²) in [5, 5.41) is 11.7. The zero-order valence-electron chi connectivity index (χ0n) is 15.3. The molecule has 0 spiro atoms. The molecule has 2 N–H and O–H groups in total. The van der Waals surface area contributed by atoms with Crippen molar-refractivity contribution in [1.82, 2.24) is 9.88 Å². The number of aromatic nitrogens is 1. The molecule has 4 rings (SSSR count). The van der Waals surface area contributed by atoms with Crippen LogP contribution in [0, 0.1) is 11.6 Å². The van der Waals surface area contributed by atoms with Gasteiger partial charge in [0.1, 0.15) is 17.1 Å². The minimum Gasteiger partial charge on any atom is -0.477 e. The molecule has 148 valence electrons. The molecule has 1 saturated carbocycles. The molecule has 1 amide bonds. The first-order valence-electron chi connectivity index (χ1n) is 9.04. The van der Waals surface area contributed by atoms with E-state index in [1.54, 1.807) is 6.92 Å². The van der Waals surface area contributed by atoms with Crippen molar-refractivity contribution in [3.8, 4) is 0 Å². The van der Waals surface area contributed by atoms with E-state index in [-0.39, 0.29) is 47.2 Å². The Kier molecular flexibility index (Phi) is 4.13. The van der Waals surface area contributed by atoms with Gasteiger partial charge < -0.3 is 19.9 Å². The fourth-order valence-corrected chi connectivity index (χ4v) is 3.82. The van der Waals surface area contributed by atoms with Gasteiger partial charge in [-0.05, 0) is 25.8 Å². The molecule has 1 aliphatic heterocycles. The highest BCUT2D eigenvalue weighted by Crippen LogP contribution is 2.40. The summed E-state index contributed by atoms with van der Waals surface area (Å²) >= 11 is 0. The zero-order valence-corrected chi connectivity index (χ0v) is 15.3. The molecule has 1 aliphatic carbocycles. The van der Waals surface area contributed by atoms with Gasteiger partial charge in [0.15, 0.2) is 5.82 Å². The van der Waals surface area contributed by atoms with Gasteiger partial charge in [-0.1, -0.05) is 0 Å². The van der Waals surface area contributed by atoms with E-state index in [1.165, 1.54) is 16.4 Å². The number of carboxylic acids is 1. The Labute approximate surface area is 158 Å². The summed E-state index contributed by atoms with van der Waals surface area (Å²) in [6, 6.07) is 0.242. The van der Waals surface area contributed by atoms with Crippen molar-refractivity contribution < 1.29 is 23.5 Å². The maximum Gasteiger partial charge on any atom is 0.341 e. The summed E-state index contributed by atoms with van der Waals surface area (Å²) in [5.41, 5.74) is -1.76. The molecule has 28 heavy (non-hydrogen) atoms. The second-order valence-electron chi connectivity index (χ2n) is 7.43. The van der Waals surface area contributed by atoms with Crippen LogP contribution in [0.15, 0.2) is 17.1 Å². The van der Waals surface area contributed by atoms with Crippen LogP contribution in [0.2, 0.25) is 0 Å². The number of carbonyl (C=O) groups is 2. The number of rotatable bonds is 4. The predicted octanol–water partition coefficient (Wildman–Crippen LogP) is 2.03. The van der Waals surface area contributed by atoms with E-state index in [4.69, 9.17) is 0 Å². The molecule has 2 fully saturated rings. The van der Waals surface area contributed by atoms with Crippen LogP contribution in [0.3, 0.4) is 0 Å². The van der Waals surface area contributed by atoms with Gasteiger partial charge in [-0.3, -0.25) is 9.59 Å². The van der Waals surface area contributed by atoms with E-state index in [1.807, 2.05) is 0 Å². The van der Waals surface area contributed by atoms with Crippen molar-refractivity contribution in [2.45, 2.75) is 44.8 Å². The van der Waals surface area contributed by atoms with Crippen LogP contribution in [0.25, 0.3) is 10.9 Å². The molecule has 0 radical (unpaired) electrons. The highest BCUT2D eigenvalue weighted by molar-refractivity contribution is 5.94. The molecule has 1 saturated heterocycles. The van der Waals surface area contributed by atoms with Gasteiger partial charge in [0.25, 0.3) is 0 Å². The van der Waals surface area contributed by atoms with E-state index >= 15 is 4.39 Å². The number of hydrogen-bond acceptors (Lipinski definition) is 4. The van der Waals surface area contributed by atoms with Gasteiger partial charge in [-0.15, -0.1) is 0 Å². The normalized spacial score (nSPS) is 21.5. The lowest BCUT2D eigenvalue weighted by molar-refractivity contribution is -0.120. The fourth-order valence-electron chi connectivity index (χ4n) is 3.82. The molecule has 7 nitrogen and oxygen atoms in total. The number of anilines is 1. The third kappa shape index (κ3) is 2.73. The van der Waals surface area contributed by atoms with E-state index in [2.05, 4.69) is 5.32 Å². The lowest BCUT2D eigenvalue weighted by Crippen LogP contribution is -2.66. The summed E-state index contributed by atoms with van der Waals surface area (Å²) in [4.78, 5) is 36.6. The molecule has 0 bridgehead atoms. The molecule has 2 unspecified atom stereocenters. The van der Waals surface area contributed by atoms with Crippen molar-refractivity contribution in [3.05, 3.63) is 39.7 Å². The minimum absolute atomic E-state index is 0.0796. The first-order valence-corrected chi connectivity index (χ1v) is 9.04. The van der Waals surface area contributed by atoms with Crippen LogP contribution in [0.4, 0.5) is 14.5 Å². The lowest BCUT2D eigenvalue weighted by atomic mass is 9.95. The average molecular weight is 391 g/mol. The number of aromatic carboxylic acids is 1. The van der Waals surface area contributed by atoms with Crippen molar-refractivity contribution >= 4 is 28.5 Å².